The zero-order valence-electron chi connectivity index (χ0n) is 16.8. The Labute approximate surface area is 174 Å². The smallest absolute Gasteiger partial charge is 0.325 e. The van der Waals surface area contributed by atoms with Crippen LogP contribution in [0.25, 0.3) is 0 Å². The van der Waals surface area contributed by atoms with Crippen molar-refractivity contribution in [2.24, 2.45) is 10.7 Å². The van der Waals surface area contributed by atoms with Crippen molar-refractivity contribution in [3.8, 4) is 5.75 Å². The fourth-order valence-corrected chi connectivity index (χ4v) is 3.59. The first kappa shape index (κ1) is 21.3. The van der Waals surface area contributed by atoms with Crippen LogP contribution < -0.4 is 21.1 Å². The normalized spacial score (nSPS) is 19.0. The van der Waals surface area contributed by atoms with Crippen LogP contribution >= 0.6 is 0 Å². The van der Waals surface area contributed by atoms with Crippen LogP contribution in [0.5, 0.6) is 5.75 Å². The lowest BCUT2D eigenvalue weighted by molar-refractivity contribution is -0.135. The average Bonchev–Trinajstić information content (AvgIpc) is 2.97. The van der Waals surface area contributed by atoms with Gasteiger partial charge in [-0.25, -0.2) is 4.79 Å². The van der Waals surface area contributed by atoms with Crippen LogP contribution in [-0.4, -0.2) is 72.8 Å². The van der Waals surface area contributed by atoms with E-state index >= 15 is 0 Å². The van der Waals surface area contributed by atoms with Crippen LogP contribution in [0.2, 0.25) is 0 Å². The highest BCUT2D eigenvalue weighted by atomic mass is 16.5. The predicted octanol–water partition coefficient (Wildman–Crippen LogP) is 0.521. The van der Waals surface area contributed by atoms with Crippen LogP contribution in [0.4, 0.5) is 10.5 Å². The Hall–Kier alpha value is -3.40. The molecule has 2 heterocycles. The lowest BCUT2D eigenvalue weighted by atomic mass is 9.87. The number of rotatable bonds is 7. The Balaban J connectivity index is 1.58. The molecule has 4 N–H and O–H groups in total. The molecule has 0 bridgehead atoms. The van der Waals surface area contributed by atoms with Gasteiger partial charge in [-0.1, -0.05) is 12.1 Å². The molecule has 2 fully saturated rings. The maximum atomic E-state index is 13.0. The number of nitrogens with zero attached hydrogens (tertiary/aromatic N) is 3. The van der Waals surface area contributed by atoms with Gasteiger partial charge in [0.05, 0.1) is 19.5 Å². The second kappa shape index (κ2) is 9.40. The van der Waals surface area contributed by atoms with Crippen molar-refractivity contribution in [2.45, 2.75) is 18.4 Å². The Morgan fingerprint density at radius 3 is 2.77 bits per heavy atom. The number of carbonyl (C=O) groups excluding carboxylic acids is 3. The van der Waals surface area contributed by atoms with Crippen molar-refractivity contribution in [1.29, 1.82) is 0 Å². The van der Waals surface area contributed by atoms with Crippen LogP contribution in [-0.2, 0) is 9.59 Å². The Kier molecular flexibility index (Phi) is 6.68. The van der Waals surface area contributed by atoms with Gasteiger partial charge in [0.25, 0.3) is 5.91 Å². The van der Waals surface area contributed by atoms with Gasteiger partial charge in [0.15, 0.2) is 0 Å². The van der Waals surface area contributed by atoms with Crippen LogP contribution in [0, 0.1) is 0 Å². The molecule has 160 valence electrons. The third-order valence-corrected chi connectivity index (χ3v) is 5.22. The van der Waals surface area contributed by atoms with Crippen molar-refractivity contribution in [2.75, 3.05) is 38.7 Å². The number of nitrogens with one attached hydrogen (secondary N) is 2. The van der Waals surface area contributed by atoms with Gasteiger partial charge >= 0.3 is 6.03 Å². The summed E-state index contributed by atoms with van der Waals surface area (Å²) in [6.07, 6.45) is 5.59. The largest absolute Gasteiger partial charge is 0.495 e. The molecule has 1 aromatic carbocycles. The first-order chi connectivity index (χ1) is 14.5. The summed E-state index contributed by atoms with van der Waals surface area (Å²) in [5, 5.41) is 5.48. The number of hydrogen-bond acceptors (Lipinski definition) is 7. The molecule has 2 saturated heterocycles. The maximum absolute atomic E-state index is 13.0. The van der Waals surface area contributed by atoms with Gasteiger partial charge in [-0.05, 0) is 37.3 Å². The Morgan fingerprint density at radius 1 is 1.33 bits per heavy atom. The quantitative estimate of drug-likeness (QED) is 0.441. The standard InChI is InChI=1S/C20H26N6O4/c1-30-16-6-3-2-5-15(16)23-17(27)13-26-18(28)20(24-19(26)29)7-11-25(12-8-20)14-22-10-4-9-21/h2-6,9-10H,7-8,11-14,21H2,1H3,(H,23,27)(H,24,29)/b9-4-,22-10-. The lowest BCUT2D eigenvalue weighted by Gasteiger charge is -2.36. The van der Waals surface area contributed by atoms with E-state index in [1.165, 1.54) is 13.3 Å². The van der Waals surface area contributed by atoms with E-state index in [1.54, 1.807) is 36.6 Å². The highest BCUT2D eigenvalue weighted by molar-refractivity contribution is 6.10. The zero-order chi connectivity index (χ0) is 21.6. The summed E-state index contributed by atoms with van der Waals surface area (Å²) < 4.78 is 5.20. The average molecular weight is 414 g/mol. The molecule has 1 spiro atoms. The monoisotopic (exact) mass is 414 g/mol. The molecule has 3 rings (SSSR count). The molecule has 0 aliphatic carbocycles. The second-order valence-corrected chi connectivity index (χ2v) is 7.13. The molecular weight excluding hydrogens is 388 g/mol. The minimum Gasteiger partial charge on any atom is -0.495 e. The van der Waals surface area contributed by atoms with Crippen molar-refractivity contribution in [3.05, 3.63) is 36.5 Å². The number of carbonyl (C=O) groups is 3. The van der Waals surface area contributed by atoms with E-state index in [0.717, 1.165) is 4.90 Å². The SMILES string of the molecule is COc1ccccc1NC(=O)CN1C(=O)NC2(CCN(C/N=C\C=C/N)CC2)C1=O. The summed E-state index contributed by atoms with van der Waals surface area (Å²) in [5.41, 5.74) is 4.77. The molecule has 0 saturated carbocycles. The lowest BCUT2D eigenvalue weighted by Crippen LogP contribution is -2.55. The van der Waals surface area contributed by atoms with E-state index in [9.17, 15) is 14.4 Å². The van der Waals surface area contributed by atoms with E-state index in [1.807, 2.05) is 0 Å². The number of urea groups is 1. The number of imide groups is 1. The second-order valence-electron chi connectivity index (χ2n) is 7.13. The number of hydrogen-bond donors (Lipinski definition) is 3. The van der Waals surface area contributed by atoms with E-state index < -0.39 is 17.5 Å². The summed E-state index contributed by atoms with van der Waals surface area (Å²) in [5.74, 6) is -0.340. The molecule has 0 aromatic heterocycles. The van der Waals surface area contributed by atoms with E-state index in [4.69, 9.17) is 10.5 Å². The minimum absolute atomic E-state index is 0.357. The molecule has 30 heavy (non-hydrogen) atoms. The number of para-hydroxylation sites is 2. The molecule has 2 aliphatic rings. The minimum atomic E-state index is -0.959. The number of ether oxygens (including phenoxy) is 1. The molecule has 1 aromatic rings. The van der Waals surface area contributed by atoms with Crippen molar-refractivity contribution in [1.82, 2.24) is 15.1 Å². The number of amides is 4. The molecule has 0 atom stereocenters. The molecule has 2 aliphatic heterocycles. The number of benzene rings is 1. The number of methoxy groups -OCH3 is 1. The van der Waals surface area contributed by atoms with Gasteiger partial charge < -0.3 is 21.1 Å². The molecular formula is C20H26N6O4. The number of likely N-dealkylation sites (tertiary alicyclic amines) is 1. The third-order valence-electron chi connectivity index (χ3n) is 5.22. The first-order valence-electron chi connectivity index (χ1n) is 9.65. The summed E-state index contributed by atoms with van der Waals surface area (Å²) in [6, 6.07) is 6.39. The van der Waals surface area contributed by atoms with Crippen LogP contribution in [0.3, 0.4) is 0 Å². The summed E-state index contributed by atoms with van der Waals surface area (Å²) in [4.78, 5) is 45.1. The first-order valence-corrected chi connectivity index (χ1v) is 9.65. The Bertz CT molecular complexity index is 861. The molecule has 10 heteroatoms. The van der Waals surface area contributed by atoms with Gasteiger partial charge in [0.1, 0.15) is 17.8 Å². The van der Waals surface area contributed by atoms with Gasteiger partial charge in [-0.2, -0.15) is 0 Å². The topological polar surface area (TPSA) is 129 Å². The van der Waals surface area contributed by atoms with Gasteiger partial charge in [0.2, 0.25) is 5.91 Å². The Morgan fingerprint density at radius 2 is 2.07 bits per heavy atom. The van der Waals surface area contributed by atoms with E-state index in [-0.39, 0.29) is 12.5 Å². The summed E-state index contributed by atoms with van der Waals surface area (Å²) in [7, 11) is 1.50. The molecule has 4 amide bonds. The maximum Gasteiger partial charge on any atom is 0.325 e. The molecule has 0 unspecified atom stereocenters. The highest BCUT2D eigenvalue weighted by Gasteiger charge is 2.52. The zero-order valence-corrected chi connectivity index (χ0v) is 16.8. The third kappa shape index (κ3) is 4.60. The van der Waals surface area contributed by atoms with Gasteiger partial charge in [-0.3, -0.25) is 24.4 Å². The van der Waals surface area contributed by atoms with Crippen LogP contribution in [0.1, 0.15) is 12.8 Å². The van der Waals surface area contributed by atoms with E-state index in [2.05, 4.69) is 20.5 Å². The summed E-state index contributed by atoms with van der Waals surface area (Å²) in [6.45, 7) is 1.35. The fourth-order valence-electron chi connectivity index (χ4n) is 3.59. The van der Waals surface area contributed by atoms with Crippen molar-refractivity contribution >= 4 is 29.7 Å². The number of piperidine rings is 1. The molecule has 10 nitrogen and oxygen atoms in total. The van der Waals surface area contributed by atoms with Gasteiger partial charge in [0, 0.05) is 19.3 Å². The number of anilines is 1. The predicted molar refractivity (Wildman–Crippen MR) is 112 cm³/mol. The van der Waals surface area contributed by atoms with Crippen molar-refractivity contribution in [3.63, 3.8) is 0 Å². The number of allylic oxidation sites excluding steroid dienone is 1. The van der Waals surface area contributed by atoms with E-state index in [0.29, 0.717) is 44.0 Å². The molecule has 0 radical (unpaired) electrons. The van der Waals surface area contributed by atoms with Gasteiger partial charge in [-0.15, -0.1) is 0 Å². The van der Waals surface area contributed by atoms with Crippen LogP contribution in [0.15, 0.2) is 41.5 Å². The number of nitrogens with two attached hydrogens (primary N) is 1. The summed E-state index contributed by atoms with van der Waals surface area (Å²) >= 11 is 0. The fraction of sp³-hybridized carbons (Fsp3) is 0.400. The highest BCUT2D eigenvalue weighted by Crippen LogP contribution is 2.29. The number of aliphatic imine (C=N–C) groups is 1. The van der Waals surface area contributed by atoms with Crippen molar-refractivity contribution < 1.29 is 19.1 Å².